The predicted molar refractivity (Wildman–Crippen MR) is 106 cm³/mol. The Kier molecular flexibility index (Phi) is 4.89. The number of aromatic nitrogens is 2. The van der Waals surface area contributed by atoms with Crippen molar-refractivity contribution >= 4 is 5.91 Å². The zero-order chi connectivity index (χ0) is 18.9. The molecule has 6 heteroatoms. The quantitative estimate of drug-likeness (QED) is 0.804. The molecule has 148 valence electrons. The molecule has 3 saturated heterocycles. The van der Waals surface area contributed by atoms with E-state index >= 15 is 0 Å². The number of likely N-dealkylation sites (tertiary alicyclic amines) is 1. The van der Waals surface area contributed by atoms with E-state index in [0.717, 1.165) is 50.4 Å². The van der Waals surface area contributed by atoms with E-state index in [4.69, 9.17) is 9.51 Å². The first-order valence-electron chi connectivity index (χ1n) is 10.8. The maximum absolute atomic E-state index is 12.8. The van der Waals surface area contributed by atoms with Crippen LogP contribution in [0.3, 0.4) is 0 Å². The van der Waals surface area contributed by atoms with Crippen LogP contribution in [0.25, 0.3) is 11.4 Å². The van der Waals surface area contributed by atoms with Crippen LogP contribution in [0.2, 0.25) is 0 Å². The van der Waals surface area contributed by atoms with Crippen LogP contribution in [0.1, 0.15) is 73.7 Å². The molecule has 2 unspecified atom stereocenters. The van der Waals surface area contributed by atoms with Crippen molar-refractivity contribution in [1.29, 1.82) is 0 Å². The van der Waals surface area contributed by atoms with Gasteiger partial charge in [0.2, 0.25) is 11.7 Å². The molecule has 0 aliphatic carbocycles. The molecule has 6 nitrogen and oxygen atoms in total. The zero-order valence-electron chi connectivity index (χ0n) is 16.3. The Balaban J connectivity index is 1.36. The van der Waals surface area contributed by atoms with Gasteiger partial charge in [-0.2, -0.15) is 4.98 Å². The van der Waals surface area contributed by atoms with Crippen molar-refractivity contribution in [3.63, 3.8) is 0 Å². The minimum Gasteiger partial charge on any atom is -0.339 e. The average Bonchev–Trinajstić information content (AvgIpc) is 3.43. The Hall–Kier alpha value is -2.21. The number of carbonyl (C=O) groups is 1. The van der Waals surface area contributed by atoms with Crippen molar-refractivity contribution < 1.29 is 9.32 Å². The average molecular weight is 380 g/mol. The Morgan fingerprint density at radius 1 is 1.00 bits per heavy atom. The normalized spacial score (nSPS) is 25.6. The van der Waals surface area contributed by atoms with Gasteiger partial charge in [-0.1, -0.05) is 17.3 Å². The third-order valence-corrected chi connectivity index (χ3v) is 6.58. The largest absolute Gasteiger partial charge is 0.339 e. The summed E-state index contributed by atoms with van der Waals surface area (Å²) < 4.78 is 5.69. The highest BCUT2D eigenvalue weighted by atomic mass is 16.5. The summed E-state index contributed by atoms with van der Waals surface area (Å²) in [7, 11) is 0. The van der Waals surface area contributed by atoms with E-state index in [-0.39, 0.29) is 11.9 Å². The Bertz CT molecular complexity index is 843. The summed E-state index contributed by atoms with van der Waals surface area (Å²) in [5.41, 5.74) is 1.56. The summed E-state index contributed by atoms with van der Waals surface area (Å²) in [6, 6.07) is 8.60. The SMILES string of the molecule is O=C(c1cccc(-c2noc(C3CCCC4CCCN43)n2)c1)N1CCCCC1. The van der Waals surface area contributed by atoms with Gasteiger partial charge in [0.1, 0.15) is 0 Å². The molecule has 2 atom stereocenters. The first kappa shape index (κ1) is 17.9. The number of piperidine rings is 2. The van der Waals surface area contributed by atoms with Crippen LogP contribution >= 0.6 is 0 Å². The first-order chi connectivity index (χ1) is 13.8. The molecule has 0 radical (unpaired) electrons. The summed E-state index contributed by atoms with van der Waals surface area (Å²) in [6.45, 7) is 2.84. The highest BCUT2D eigenvalue weighted by Crippen LogP contribution is 2.39. The second kappa shape index (κ2) is 7.66. The first-order valence-corrected chi connectivity index (χ1v) is 10.8. The molecule has 3 aliphatic heterocycles. The predicted octanol–water partition coefficient (Wildman–Crippen LogP) is 4.05. The van der Waals surface area contributed by atoms with Crippen molar-refractivity contribution in [2.75, 3.05) is 19.6 Å². The summed E-state index contributed by atoms with van der Waals surface area (Å²) in [5, 5.41) is 4.25. The van der Waals surface area contributed by atoms with Gasteiger partial charge in [0.25, 0.3) is 5.91 Å². The minimum atomic E-state index is 0.109. The van der Waals surface area contributed by atoms with Gasteiger partial charge < -0.3 is 9.42 Å². The van der Waals surface area contributed by atoms with E-state index in [1.807, 2.05) is 29.2 Å². The molecular weight excluding hydrogens is 352 g/mol. The van der Waals surface area contributed by atoms with Gasteiger partial charge in [-0.05, 0) is 70.0 Å². The van der Waals surface area contributed by atoms with Crippen LogP contribution in [-0.2, 0) is 0 Å². The minimum absolute atomic E-state index is 0.109. The van der Waals surface area contributed by atoms with Gasteiger partial charge in [0.05, 0.1) is 6.04 Å². The van der Waals surface area contributed by atoms with Gasteiger partial charge in [0.15, 0.2) is 0 Å². The fraction of sp³-hybridized carbons (Fsp3) is 0.591. The van der Waals surface area contributed by atoms with Crippen LogP contribution in [0.5, 0.6) is 0 Å². The lowest BCUT2D eigenvalue weighted by molar-refractivity contribution is 0.0724. The molecule has 4 heterocycles. The standard InChI is InChI=1S/C22H28N4O2/c27-22(25-12-2-1-3-13-25)17-8-4-7-16(15-17)20-23-21(28-24-20)19-11-5-9-18-10-6-14-26(18)19/h4,7-8,15,18-19H,1-3,5-6,9-14H2. The zero-order valence-corrected chi connectivity index (χ0v) is 16.3. The third kappa shape index (κ3) is 3.34. The lowest BCUT2D eigenvalue weighted by Gasteiger charge is -2.35. The number of hydrogen-bond donors (Lipinski definition) is 0. The lowest BCUT2D eigenvalue weighted by atomic mass is 9.96. The highest BCUT2D eigenvalue weighted by Gasteiger charge is 2.37. The van der Waals surface area contributed by atoms with Crippen LogP contribution in [0.4, 0.5) is 0 Å². The van der Waals surface area contributed by atoms with Crippen molar-refractivity contribution in [1.82, 2.24) is 19.9 Å². The second-order valence-corrected chi connectivity index (χ2v) is 8.37. The maximum atomic E-state index is 12.8. The van der Waals surface area contributed by atoms with Gasteiger partial charge in [-0.15, -0.1) is 0 Å². The van der Waals surface area contributed by atoms with Crippen molar-refractivity contribution in [3.05, 3.63) is 35.7 Å². The monoisotopic (exact) mass is 380 g/mol. The molecule has 0 spiro atoms. The van der Waals surface area contributed by atoms with E-state index < -0.39 is 0 Å². The molecule has 2 aromatic rings. The van der Waals surface area contributed by atoms with E-state index in [1.54, 1.807) is 0 Å². The van der Waals surface area contributed by atoms with Crippen LogP contribution in [0, 0.1) is 0 Å². The van der Waals surface area contributed by atoms with Crippen molar-refractivity contribution in [3.8, 4) is 11.4 Å². The summed E-state index contributed by atoms with van der Waals surface area (Å²) in [4.78, 5) is 22.1. The highest BCUT2D eigenvalue weighted by molar-refractivity contribution is 5.95. The lowest BCUT2D eigenvalue weighted by Crippen LogP contribution is -2.37. The molecule has 5 rings (SSSR count). The van der Waals surface area contributed by atoms with Crippen molar-refractivity contribution in [2.24, 2.45) is 0 Å². The molecule has 0 bridgehead atoms. The molecule has 3 aliphatic rings. The van der Waals surface area contributed by atoms with E-state index in [2.05, 4.69) is 10.1 Å². The number of fused-ring (bicyclic) bond motifs is 1. The molecule has 3 fully saturated rings. The van der Waals surface area contributed by atoms with Gasteiger partial charge in [0, 0.05) is 30.3 Å². The Labute approximate surface area is 165 Å². The molecule has 1 aromatic heterocycles. The van der Waals surface area contributed by atoms with Gasteiger partial charge in [-0.25, -0.2) is 0 Å². The van der Waals surface area contributed by atoms with E-state index in [0.29, 0.717) is 17.4 Å². The fourth-order valence-electron chi connectivity index (χ4n) is 5.12. The third-order valence-electron chi connectivity index (χ3n) is 6.58. The number of hydrogen-bond acceptors (Lipinski definition) is 5. The van der Waals surface area contributed by atoms with E-state index in [9.17, 15) is 4.79 Å². The fourth-order valence-corrected chi connectivity index (χ4v) is 5.12. The molecular formula is C22H28N4O2. The second-order valence-electron chi connectivity index (χ2n) is 8.37. The summed E-state index contributed by atoms with van der Waals surface area (Å²) in [5.74, 6) is 1.43. The number of amides is 1. The topological polar surface area (TPSA) is 62.5 Å². The van der Waals surface area contributed by atoms with Crippen LogP contribution < -0.4 is 0 Å². The van der Waals surface area contributed by atoms with E-state index in [1.165, 1.54) is 32.1 Å². The van der Waals surface area contributed by atoms with Crippen LogP contribution in [-0.4, -0.2) is 51.5 Å². The van der Waals surface area contributed by atoms with Gasteiger partial charge >= 0.3 is 0 Å². The molecule has 0 N–H and O–H groups in total. The summed E-state index contributed by atoms with van der Waals surface area (Å²) >= 11 is 0. The number of nitrogens with zero attached hydrogens (tertiary/aromatic N) is 4. The Morgan fingerprint density at radius 3 is 2.75 bits per heavy atom. The number of benzene rings is 1. The smallest absolute Gasteiger partial charge is 0.253 e. The summed E-state index contributed by atoms with van der Waals surface area (Å²) in [6.07, 6.45) is 9.57. The Morgan fingerprint density at radius 2 is 1.86 bits per heavy atom. The molecule has 1 aromatic carbocycles. The molecule has 0 saturated carbocycles. The number of rotatable bonds is 3. The van der Waals surface area contributed by atoms with Crippen molar-refractivity contribution in [2.45, 2.75) is 63.5 Å². The molecule has 1 amide bonds. The maximum Gasteiger partial charge on any atom is 0.253 e. The van der Waals surface area contributed by atoms with Crippen LogP contribution in [0.15, 0.2) is 28.8 Å². The van der Waals surface area contributed by atoms with Gasteiger partial charge in [-0.3, -0.25) is 9.69 Å². The molecule has 28 heavy (non-hydrogen) atoms. The number of carbonyl (C=O) groups excluding carboxylic acids is 1.